The van der Waals surface area contributed by atoms with Crippen LogP contribution in [-0.2, 0) is 14.2 Å². The number of benzene rings is 2. The van der Waals surface area contributed by atoms with Gasteiger partial charge in [-0.25, -0.2) is 0 Å². The molecule has 0 saturated carbocycles. The molecule has 2 aliphatic heterocycles. The molecule has 2 aliphatic rings. The third-order valence-corrected chi connectivity index (χ3v) is 7.39. The van der Waals surface area contributed by atoms with Crippen LogP contribution in [0.2, 0.25) is 0 Å². The van der Waals surface area contributed by atoms with Crippen molar-refractivity contribution >= 4 is 11.0 Å². The normalized spacial score (nSPS) is 33.4. The van der Waals surface area contributed by atoms with E-state index in [2.05, 4.69) is 0 Å². The number of hydrogen-bond acceptors (Lipinski definition) is 14. The van der Waals surface area contributed by atoms with Crippen LogP contribution >= 0.6 is 0 Å². The molecule has 3 heterocycles. The smallest absolute Gasteiger partial charge is 0.229 e. The van der Waals surface area contributed by atoms with E-state index in [0.29, 0.717) is 11.3 Å². The standard InChI is InChI=1S/C28H32O14/c1-11-20(30)23(33)25(35)27(40-11)39-10-18-22(32)24(34)26(36)28(42-18)41-14-7-16(29)19-17(8-14)38-9-15(21(19)31)12-3-5-13(37-2)6-4-12/h3-9,11,18,20,22-30,32-36H,10H2,1-2H3/t11-,18-,20-,22-,23-,24-,25-,26+,27+,28+/m0/s1. The van der Waals surface area contributed by atoms with Crippen LogP contribution in [0.4, 0.5) is 0 Å². The van der Waals surface area contributed by atoms with Crippen molar-refractivity contribution in [1.29, 1.82) is 0 Å². The minimum atomic E-state index is -1.75. The predicted octanol–water partition coefficient (Wildman–Crippen LogP) is -0.795. The van der Waals surface area contributed by atoms with Gasteiger partial charge in [-0.2, -0.15) is 0 Å². The van der Waals surface area contributed by atoms with Gasteiger partial charge in [-0.3, -0.25) is 4.79 Å². The highest BCUT2D eigenvalue weighted by Crippen LogP contribution is 2.33. The number of hydrogen-bond donors (Lipinski definition) is 7. The molecular formula is C28H32O14. The zero-order valence-electron chi connectivity index (χ0n) is 22.5. The predicted molar refractivity (Wildman–Crippen MR) is 142 cm³/mol. The van der Waals surface area contributed by atoms with Gasteiger partial charge in [0.25, 0.3) is 0 Å². The van der Waals surface area contributed by atoms with Crippen molar-refractivity contribution in [1.82, 2.24) is 0 Å². The van der Waals surface area contributed by atoms with E-state index in [0.717, 1.165) is 6.07 Å². The minimum Gasteiger partial charge on any atom is -0.507 e. The number of aromatic hydroxyl groups is 1. The SMILES string of the molecule is COc1ccc(-c2coc3cc(O[C@@H]4O[C@@H](CO[C@@H]5O[C@@H](C)[C@H](O)[C@H](O)[C@@H]5O)[C@H](O)[C@H](O)[C@H]4O)cc(O)c3c2=O)cc1. The molecule has 14 heteroatoms. The summed E-state index contributed by atoms with van der Waals surface area (Å²) < 4.78 is 32.8. The summed E-state index contributed by atoms with van der Waals surface area (Å²) in [6, 6.07) is 9.07. The highest BCUT2D eigenvalue weighted by molar-refractivity contribution is 5.88. The molecule has 42 heavy (non-hydrogen) atoms. The van der Waals surface area contributed by atoms with Gasteiger partial charge < -0.3 is 63.8 Å². The first-order chi connectivity index (χ1) is 20.0. The van der Waals surface area contributed by atoms with Crippen LogP contribution in [0.3, 0.4) is 0 Å². The van der Waals surface area contributed by atoms with Crippen molar-refractivity contribution in [3.05, 3.63) is 52.9 Å². The average Bonchev–Trinajstić information content (AvgIpc) is 2.98. The second-order valence-corrected chi connectivity index (χ2v) is 10.2. The quantitative estimate of drug-likeness (QED) is 0.179. The first-order valence-corrected chi connectivity index (χ1v) is 13.1. The number of aliphatic hydroxyl groups is 6. The zero-order valence-corrected chi connectivity index (χ0v) is 22.5. The Kier molecular flexibility index (Phi) is 8.71. The Hall–Kier alpha value is -3.31. The lowest BCUT2D eigenvalue weighted by molar-refractivity contribution is -0.318. The fraction of sp³-hybridized carbons (Fsp3) is 0.464. The van der Waals surface area contributed by atoms with Crippen LogP contribution in [-0.4, -0.2) is 111 Å². The molecule has 0 amide bonds. The second-order valence-electron chi connectivity index (χ2n) is 10.2. The van der Waals surface area contributed by atoms with Crippen molar-refractivity contribution in [3.63, 3.8) is 0 Å². The lowest BCUT2D eigenvalue weighted by Gasteiger charge is -2.42. The summed E-state index contributed by atoms with van der Waals surface area (Å²) in [5, 5.41) is 71.9. The fourth-order valence-corrected chi connectivity index (χ4v) is 4.87. The molecule has 7 N–H and O–H groups in total. The largest absolute Gasteiger partial charge is 0.507 e. The van der Waals surface area contributed by atoms with Crippen LogP contribution in [0.15, 0.2) is 51.9 Å². The molecule has 0 unspecified atom stereocenters. The third-order valence-electron chi connectivity index (χ3n) is 7.39. The van der Waals surface area contributed by atoms with E-state index >= 15 is 0 Å². The number of methoxy groups -OCH3 is 1. The van der Waals surface area contributed by atoms with Crippen LogP contribution in [0.5, 0.6) is 17.2 Å². The molecule has 0 spiro atoms. The highest BCUT2D eigenvalue weighted by atomic mass is 16.7. The topological polar surface area (TPSA) is 218 Å². The summed E-state index contributed by atoms with van der Waals surface area (Å²) in [5.74, 6) is 0.0283. The molecule has 10 atom stereocenters. The monoisotopic (exact) mass is 592 g/mol. The van der Waals surface area contributed by atoms with Gasteiger partial charge in [-0.1, -0.05) is 12.1 Å². The van der Waals surface area contributed by atoms with Crippen molar-refractivity contribution in [3.8, 4) is 28.4 Å². The van der Waals surface area contributed by atoms with E-state index < -0.39 is 79.2 Å². The maximum atomic E-state index is 13.2. The molecule has 14 nitrogen and oxygen atoms in total. The van der Waals surface area contributed by atoms with E-state index in [-0.39, 0.29) is 22.3 Å². The maximum absolute atomic E-state index is 13.2. The molecule has 2 saturated heterocycles. The van der Waals surface area contributed by atoms with Crippen LogP contribution < -0.4 is 14.9 Å². The molecule has 228 valence electrons. The fourth-order valence-electron chi connectivity index (χ4n) is 4.87. The number of ether oxygens (including phenoxy) is 5. The molecule has 2 aromatic carbocycles. The lowest BCUT2D eigenvalue weighted by atomic mass is 9.98. The van der Waals surface area contributed by atoms with Crippen LogP contribution in [0.25, 0.3) is 22.1 Å². The molecule has 3 aromatic rings. The van der Waals surface area contributed by atoms with Gasteiger partial charge in [0.15, 0.2) is 6.29 Å². The summed E-state index contributed by atoms with van der Waals surface area (Å²) >= 11 is 0. The Morgan fingerprint density at radius 2 is 1.48 bits per heavy atom. The molecule has 0 bridgehead atoms. The Morgan fingerprint density at radius 1 is 0.810 bits per heavy atom. The Labute approximate surface area is 238 Å². The van der Waals surface area contributed by atoms with Crippen molar-refractivity contribution < 1.29 is 63.8 Å². The summed E-state index contributed by atoms with van der Waals surface area (Å²) in [7, 11) is 1.52. The molecule has 2 fully saturated rings. The van der Waals surface area contributed by atoms with Gasteiger partial charge in [0.2, 0.25) is 11.7 Å². The lowest BCUT2D eigenvalue weighted by Crippen LogP contribution is -2.61. The van der Waals surface area contributed by atoms with Gasteiger partial charge in [-0.15, -0.1) is 0 Å². The number of phenols is 1. The van der Waals surface area contributed by atoms with E-state index in [9.17, 15) is 40.5 Å². The van der Waals surface area contributed by atoms with E-state index in [4.69, 9.17) is 28.1 Å². The number of aliphatic hydroxyl groups excluding tert-OH is 6. The van der Waals surface area contributed by atoms with Gasteiger partial charge >= 0.3 is 0 Å². The van der Waals surface area contributed by atoms with Crippen molar-refractivity contribution in [2.75, 3.05) is 13.7 Å². The minimum absolute atomic E-state index is 0.0312. The van der Waals surface area contributed by atoms with E-state index in [1.54, 1.807) is 24.3 Å². The van der Waals surface area contributed by atoms with Crippen molar-refractivity contribution in [2.24, 2.45) is 0 Å². The number of phenolic OH excluding ortho intramolecular Hbond substituents is 1. The molecule has 0 aliphatic carbocycles. The van der Waals surface area contributed by atoms with Gasteiger partial charge in [-0.05, 0) is 24.6 Å². The Morgan fingerprint density at radius 3 is 2.17 bits per heavy atom. The highest BCUT2D eigenvalue weighted by Gasteiger charge is 2.47. The van der Waals surface area contributed by atoms with Gasteiger partial charge in [0.1, 0.15) is 77.2 Å². The Balaban J connectivity index is 1.33. The summed E-state index contributed by atoms with van der Waals surface area (Å²) in [6.45, 7) is 0.987. The van der Waals surface area contributed by atoms with E-state index in [1.165, 1.54) is 26.4 Å². The third kappa shape index (κ3) is 5.68. The van der Waals surface area contributed by atoms with Crippen LogP contribution in [0, 0.1) is 0 Å². The first kappa shape index (κ1) is 30.2. The molecule has 0 radical (unpaired) electrons. The number of rotatable bonds is 7. The molecule has 5 rings (SSSR count). The average molecular weight is 593 g/mol. The van der Waals surface area contributed by atoms with E-state index in [1.807, 2.05) is 0 Å². The first-order valence-electron chi connectivity index (χ1n) is 13.1. The zero-order chi connectivity index (χ0) is 30.3. The number of fused-ring (bicyclic) bond motifs is 1. The van der Waals surface area contributed by atoms with Gasteiger partial charge in [0.05, 0.1) is 25.4 Å². The Bertz CT molecular complexity index is 1440. The molecular weight excluding hydrogens is 560 g/mol. The van der Waals surface area contributed by atoms with Crippen LogP contribution in [0.1, 0.15) is 6.92 Å². The molecule has 1 aromatic heterocycles. The second kappa shape index (κ2) is 12.1. The maximum Gasteiger partial charge on any atom is 0.229 e. The summed E-state index contributed by atoms with van der Waals surface area (Å²) in [5.41, 5.74) is 0.200. The summed E-state index contributed by atoms with van der Waals surface area (Å²) in [6.07, 6.45) is -13.6. The van der Waals surface area contributed by atoms with Crippen molar-refractivity contribution in [2.45, 2.75) is 68.3 Å². The van der Waals surface area contributed by atoms with Gasteiger partial charge in [0, 0.05) is 12.1 Å². The summed E-state index contributed by atoms with van der Waals surface area (Å²) in [4.78, 5) is 13.2.